The van der Waals surface area contributed by atoms with E-state index in [-0.39, 0.29) is 21.7 Å². The van der Waals surface area contributed by atoms with E-state index in [0.717, 1.165) is 113 Å². The van der Waals surface area contributed by atoms with Crippen molar-refractivity contribution in [2.75, 3.05) is 26.4 Å². The van der Waals surface area contributed by atoms with Gasteiger partial charge in [0.25, 0.3) is 0 Å². The van der Waals surface area contributed by atoms with Gasteiger partial charge in [-0.2, -0.15) is 0 Å². The molecule has 7 aromatic rings. The van der Waals surface area contributed by atoms with E-state index < -0.39 is 21.7 Å². The maximum Gasteiger partial charge on any atom is 0.126 e. The first-order valence-electron chi connectivity index (χ1n) is 30.1. The van der Waals surface area contributed by atoms with Gasteiger partial charge in [0.15, 0.2) is 0 Å². The molecule has 4 atom stereocenters. The van der Waals surface area contributed by atoms with Gasteiger partial charge in [-0.25, -0.2) is 0 Å². The van der Waals surface area contributed by atoms with Crippen molar-refractivity contribution in [1.29, 1.82) is 0 Å². The van der Waals surface area contributed by atoms with Gasteiger partial charge in [-0.15, -0.1) is 0 Å². The van der Waals surface area contributed by atoms with E-state index in [1.165, 1.54) is 16.7 Å². The Morgan fingerprint density at radius 3 is 1.15 bits per heavy atom. The first-order chi connectivity index (χ1) is 38.3. The van der Waals surface area contributed by atoms with Gasteiger partial charge in [0.05, 0.1) is 34.0 Å². The summed E-state index contributed by atoms with van der Waals surface area (Å²) in [4.78, 5) is 16.5. The van der Waals surface area contributed by atoms with Crippen molar-refractivity contribution in [3.8, 4) is 17.2 Å². The summed E-state index contributed by atoms with van der Waals surface area (Å²) in [6.07, 6.45) is 6.79. The lowest BCUT2D eigenvalue weighted by Crippen LogP contribution is -2.36. The number of aryl methyl sites for hydroxylation is 1. The average Bonchev–Trinajstić information content (AvgIpc) is 2.31. The second-order valence-electron chi connectivity index (χ2n) is 29.9. The summed E-state index contributed by atoms with van der Waals surface area (Å²) in [5.74, 6) is 3.57. The molecule has 8 nitrogen and oxygen atoms in total. The minimum absolute atomic E-state index is 0.111. The monoisotopic (exact) mass is 1100 g/mol. The lowest BCUT2D eigenvalue weighted by atomic mass is 9.80. The van der Waals surface area contributed by atoms with Gasteiger partial charge >= 0.3 is 0 Å². The van der Waals surface area contributed by atoms with Crippen molar-refractivity contribution in [2.24, 2.45) is 5.41 Å². The van der Waals surface area contributed by atoms with Crippen LogP contribution >= 0.6 is 0 Å². The highest BCUT2D eigenvalue weighted by molar-refractivity contribution is 5.58. The van der Waals surface area contributed by atoms with Crippen molar-refractivity contribution in [1.82, 2.24) is 19.9 Å². The van der Waals surface area contributed by atoms with Crippen LogP contribution in [-0.2, 0) is 61.9 Å². The first kappa shape index (κ1) is 57.0. The van der Waals surface area contributed by atoms with Crippen LogP contribution in [0.3, 0.4) is 0 Å². The Hall–Kier alpha value is -6.80. The molecule has 3 aromatic carbocycles. The van der Waals surface area contributed by atoms with E-state index in [0.29, 0.717) is 52.1 Å². The molecule has 0 radical (unpaired) electrons. The zero-order chi connectivity index (χ0) is 58.9. The van der Waals surface area contributed by atoms with E-state index >= 15 is 0 Å². The fourth-order valence-corrected chi connectivity index (χ4v) is 13.2. The van der Waals surface area contributed by atoms with Crippen LogP contribution in [-0.4, -0.2) is 46.4 Å². The maximum absolute atomic E-state index is 7.85. The molecule has 8 heteroatoms. The lowest BCUT2D eigenvalue weighted by molar-refractivity contribution is 0.163. The van der Waals surface area contributed by atoms with E-state index in [1.54, 1.807) is 0 Å². The van der Waals surface area contributed by atoms with Crippen molar-refractivity contribution in [3.05, 3.63) is 216 Å². The quantitative estimate of drug-likeness (QED) is 0.130. The molecule has 0 amide bonds. The fraction of sp³-hybridized carbons (Fsp3) is 0.459. The highest BCUT2D eigenvalue weighted by Crippen LogP contribution is 2.48. The van der Waals surface area contributed by atoms with Gasteiger partial charge in [-0.05, 0) is 179 Å². The Kier molecular flexibility index (Phi) is 13.7. The van der Waals surface area contributed by atoms with Gasteiger partial charge in [-0.1, -0.05) is 138 Å². The number of aromatic nitrogens is 4. The van der Waals surface area contributed by atoms with Crippen molar-refractivity contribution >= 4 is 0 Å². The molecule has 14 bridgehead atoms. The van der Waals surface area contributed by atoms with Crippen molar-refractivity contribution < 1.29 is 18.9 Å². The molecule has 82 heavy (non-hydrogen) atoms. The number of ether oxygens (including phenoxy) is 4. The number of aromatic amines is 4. The third-order valence-electron chi connectivity index (χ3n) is 19.4. The van der Waals surface area contributed by atoms with Gasteiger partial charge in [0.1, 0.15) is 37.1 Å². The number of hydrogen-bond acceptors (Lipinski definition) is 4. The summed E-state index contributed by atoms with van der Waals surface area (Å²) in [7, 11) is 0. The van der Waals surface area contributed by atoms with Gasteiger partial charge in [0.2, 0.25) is 0 Å². The zero-order valence-corrected chi connectivity index (χ0v) is 52.7. The Morgan fingerprint density at radius 1 is 0.439 bits per heavy atom. The van der Waals surface area contributed by atoms with Crippen molar-refractivity contribution in [3.63, 3.8) is 0 Å². The standard InChI is InChI=1S/C74H92N4O4/c1-20-52(67(4,5)6)35-46-32-48-37-54(69(10,11)12)38-49-34-51-40-55(70(13,14)15)39-50-33-47-36-53(68(7,8)9)31-44(2)64(47)81-42-73(18)61-26-25-59(77-61)72(17,41-80-45(46)3)58-23-21-56(75-58)71(16,29-30-79-65(48)49)57-22-24-60(76-57)74(19,43-82-66(50)51)63-28-27-62(73)78-63/h20-28,31,35-40,75-78H,1,29-30,32-34,41-43H2,2-19H3/t71-,72?,73+,74?/m1/s1. The number of H-pyrrole nitrogens is 4. The average molecular weight is 1100 g/mol. The summed E-state index contributed by atoms with van der Waals surface area (Å²) in [6, 6.07) is 32.8. The molecule has 4 aromatic heterocycles. The predicted octanol–water partition coefficient (Wildman–Crippen LogP) is 17.2. The third-order valence-corrected chi connectivity index (χ3v) is 19.4. The predicted molar refractivity (Wildman–Crippen MR) is 336 cm³/mol. The SMILES string of the molecule is C=CC(=CC1=C(C)OCC2(C)c3ccc([nH]3)[C@@]3(C)CCOc4c(cc(C(C)(C)C)cc4Cc4cc(C(C)(C)C)cc5c4OCC(C)(c4ccc3[nH]4)c3ccc([nH]3)[C@@](C)(COc3c(C)cc(C(C)(C)C)cc3C5)c3ccc2[nH]3)C1)C(C)(C)C. The number of fused-ring (bicyclic) bond motifs is 8. The molecule has 0 spiro atoms. The van der Waals surface area contributed by atoms with Gasteiger partial charge < -0.3 is 38.9 Å². The summed E-state index contributed by atoms with van der Waals surface area (Å²) < 4.78 is 30.4. The Bertz CT molecular complexity index is 3700. The van der Waals surface area contributed by atoms with Crippen LogP contribution < -0.4 is 14.2 Å². The Balaban J connectivity index is 1.32. The summed E-state index contributed by atoms with van der Waals surface area (Å²) >= 11 is 0. The number of benzene rings is 3. The van der Waals surface area contributed by atoms with E-state index in [1.807, 2.05) is 6.08 Å². The van der Waals surface area contributed by atoms with E-state index in [9.17, 15) is 0 Å². The van der Waals surface area contributed by atoms with Crippen LogP contribution in [0.15, 0.2) is 121 Å². The van der Waals surface area contributed by atoms with Crippen LogP contribution in [0.4, 0.5) is 0 Å². The largest absolute Gasteiger partial charge is 0.497 e. The van der Waals surface area contributed by atoms with Crippen LogP contribution in [0, 0.1) is 12.3 Å². The maximum atomic E-state index is 7.85. The second-order valence-corrected chi connectivity index (χ2v) is 29.9. The smallest absolute Gasteiger partial charge is 0.126 e. The molecule has 0 saturated heterocycles. The molecular weight excluding hydrogens is 1010 g/mol. The minimum Gasteiger partial charge on any atom is -0.497 e. The summed E-state index contributed by atoms with van der Waals surface area (Å²) in [6.45, 7) is 47.3. The van der Waals surface area contributed by atoms with E-state index in [4.69, 9.17) is 18.9 Å². The summed E-state index contributed by atoms with van der Waals surface area (Å²) in [5.41, 5.74) is 18.0. The lowest BCUT2D eigenvalue weighted by Gasteiger charge is -2.34. The van der Waals surface area contributed by atoms with Crippen LogP contribution in [0.2, 0.25) is 0 Å². The molecule has 432 valence electrons. The number of allylic oxidation sites excluding steroid dienone is 5. The molecule has 4 N–H and O–H groups in total. The van der Waals surface area contributed by atoms with Crippen LogP contribution in [0.25, 0.3) is 0 Å². The topological polar surface area (TPSA) is 100 Å². The minimum atomic E-state index is -0.692. The molecule has 8 heterocycles. The molecule has 4 aliphatic rings. The number of nitrogens with one attached hydrogen (secondary N) is 4. The molecule has 0 fully saturated rings. The fourth-order valence-electron chi connectivity index (χ4n) is 13.2. The van der Waals surface area contributed by atoms with Crippen LogP contribution in [0.1, 0.15) is 220 Å². The van der Waals surface area contributed by atoms with Gasteiger partial charge in [0, 0.05) is 64.8 Å². The van der Waals surface area contributed by atoms with Crippen molar-refractivity contribution in [2.45, 2.75) is 188 Å². The highest BCUT2D eigenvalue weighted by Gasteiger charge is 2.44. The molecule has 0 aliphatic carbocycles. The van der Waals surface area contributed by atoms with Gasteiger partial charge in [-0.3, -0.25) is 0 Å². The Morgan fingerprint density at radius 2 is 0.768 bits per heavy atom. The molecule has 0 saturated carbocycles. The number of rotatable bonds is 2. The second kappa shape index (κ2) is 19.7. The first-order valence-corrected chi connectivity index (χ1v) is 30.1. The summed E-state index contributed by atoms with van der Waals surface area (Å²) in [5, 5.41) is 0. The highest BCUT2D eigenvalue weighted by atomic mass is 16.5. The normalized spacial score (nSPS) is 23.3. The molecular formula is C74H92N4O4. The molecule has 4 aliphatic heterocycles. The number of hydrogen-bond donors (Lipinski definition) is 4. The third kappa shape index (κ3) is 9.91. The zero-order valence-electron chi connectivity index (χ0n) is 52.7. The van der Waals surface area contributed by atoms with Crippen LogP contribution in [0.5, 0.6) is 17.2 Å². The Labute approximate surface area is 490 Å². The van der Waals surface area contributed by atoms with E-state index in [2.05, 4.69) is 242 Å². The molecule has 2 unspecified atom stereocenters. The molecule has 11 rings (SSSR count).